The van der Waals surface area contributed by atoms with Crippen molar-refractivity contribution in [3.8, 4) is 11.8 Å². The fourth-order valence-electron chi connectivity index (χ4n) is 4.18. The van der Waals surface area contributed by atoms with Crippen LogP contribution in [0.3, 0.4) is 0 Å². The standard InChI is InChI=1S/C25H22N4O5/c1-32-16-11-15-9-10-28-21(15)18(12-16)29-22(25(31)34-3)20(24(30)33-2)19(17(13-26)23(29)27)14-7-5-4-6-8-14/h4-12,19,28H,27H2,1-3H3. The Morgan fingerprint density at radius 2 is 1.76 bits per heavy atom. The number of fused-ring (bicyclic) bond motifs is 1. The third-order valence-electron chi connectivity index (χ3n) is 5.70. The van der Waals surface area contributed by atoms with Crippen molar-refractivity contribution in [1.82, 2.24) is 4.98 Å². The molecule has 2 aromatic carbocycles. The monoisotopic (exact) mass is 458 g/mol. The van der Waals surface area contributed by atoms with Crippen LogP contribution in [0.25, 0.3) is 10.9 Å². The minimum Gasteiger partial charge on any atom is -0.497 e. The molecule has 34 heavy (non-hydrogen) atoms. The highest BCUT2D eigenvalue weighted by molar-refractivity contribution is 6.08. The first-order valence-electron chi connectivity index (χ1n) is 10.3. The lowest BCUT2D eigenvalue weighted by atomic mass is 9.81. The lowest BCUT2D eigenvalue weighted by Crippen LogP contribution is -2.40. The van der Waals surface area contributed by atoms with Gasteiger partial charge in [-0.15, -0.1) is 0 Å². The van der Waals surface area contributed by atoms with Gasteiger partial charge in [0.2, 0.25) is 0 Å². The molecular formula is C25H22N4O5. The number of aromatic nitrogens is 1. The summed E-state index contributed by atoms with van der Waals surface area (Å²) in [5.41, 5.74) is 8.05. The first-order chi connectivity index (χ1) is 16.5. The minimum atomic E-state index is -0.936. The fraction of sp³-hybridized carbons (Fsp3) is 0.160. The summed E-state index contributed by atoms with van der Waals surface area (Å²) in [5, 5.41) is 10.9. The molecule has 3 N–H and O–H groups in total. The quantitative estimate of drug-likeness (QED) is 0.558. The second kappa shape index (κ2) is 9.03. The van der Waals surface area contributed by atoms with Crippen LogP contribution in [0.15, 0.2) is 77.4 Å². The van der Waals surface area contributed by atoms with Crippen molar-refractivity contribution in [3.63, 3.8) is 0 Å². The SMILES string of the molecule is COC(=O)C1=C(C(=O)OC)N(c2cc(OC)cc3cc[nH]c23)C(N)=C(C#N)C1c1ccccc1. The summed E-state index contributed by atoms with van der Waals surface area (Å²) >= 11 is 0. The number of nitrogens with two attached hydrogens (primary N) is 1. The Kier molecular flexibility index (Phi) is 5.97. The summed E-state index contributed by atoms with van der Waals surface area (Å²) in [7, 11) is 3.92. The Bertz CT molecular complexity index is 1380. The van der Waals surface area contributed by atoms with Crippen molar-refractivity contribution in [2.45, 2.75) is 5.92 Å². The van der Waals surface area contributed by atoms with E-state index in [1.54, 1.807) is 48.7 Å². The number of benzene rings is 2. The van der Waals surface area contributed by atoms with Gasteiger partial charge in [-0.05, 0) is 17.7 Å². The molecule has 9 heteroatoms. The molecule has 0 amide bonds. The maximum Gasteiger partial charge on any atom is 0.355 e. The summed E-state index contributed by atoms with van der Waals surface area (Å²) in [5.74, 6) is -2.07. The number of nitrogens with zero attached hydrogens (tertiary/aromatic N) is 2. The maximum absolute atomic E-state index is 13.2. The van der Waals surface area contributed by atoms with Gasteiger partial charge in [-0.1, -0.05) is 30.3 Å². The molecule has 1 aliphatic rings. The van der Waals surface area contributed by atoms with Crippen molar-refractivity contribution >= 4 is 28.5 Å². The number of hydrogen-bond donors (Lipinski definition) is 2. The van der Waals surface area contributed by atoms with Crippen LogP contribution in [0.4, 0.5) is 5.69 Å². The number of rotatable bonds is 5. The minimum absolute atomic E-state index is 0.0199. The Labute approximate surface area is 195 Å². The van der Waals surface area contributed by atoms with E-state index in [-0.39, 0.29) is 22.7 Å². The molecule has 172 valence electrons. The summed E-state index contributed by atoms with van der Waals surface area (Å²) in [6.07, 6.45) is 1.72. The van der Waals surface area contributed by atoms with E-state index in [0.29, 0.717) is 22.5 Å². The van der Waals surface area contributed by atoms with E-state index in [9.17, 15) is 14.9 Å². The van der Waals surface area contributed by atoms with E-state index >= 15 is 0 Å². The highest BCUT2D eigenvalue weighted by atomic mass is 16.5. The van der Waals surface area contributed by atoms with Crippen molar-refractivity contribution < 1.29 is 23.8 Å². The topological polar surface area (TPSA) is 131 Å². The van der Waals surface area contributed by atoms with Crippen molar-refractivity contribution in [1.29, 1.82) is 5.26 Å². The molecule has 2 heterocycles. The number of allylic oxidation sites excluding steroid dienone is 1. The normalized spacial score (nSPS) is 15.8. The van der Waals surface area contributed by atoms with Gasteiger partial charge >= 0.3 is 11.9 Å². The van der Waals surface area contributed by atoms with Gasteiger partial charge in [0.1, 0.15) is 17.3 Å². The fourth-order valence-corrected chi connectivity index (χ4v) is 4.18. The second-order valence-electron chi connectivity index (χ2n) is 7.42. The smallest absolute Gasteiger partial charge is 0.355 e. The Balaban J connectivity index is 2.13. The van der Waals surface area contributed by atoms with E-state index in [0.717, 1.165) is 5.39 Å². The van der Waals surface area contributed by atoms with Crippen LogP contribution in [0.2, 0.25) is 0 Å². The highest BCUT2D eigenvalue weighted by Gasteiger charge is 2.43. The Morgan fingerprint density at radius 1 is 1.06 bits per heavy atom. The summed E-state index contributed by atoms with van der Waals surface area (Å²) in [6, 6.07) is 16.3. The average Bonchev–Trinajstić information content (AvgIpc) is 3.35. The van der Waals surface area contributed by atoms with Crippen LogP contribution in [-0.2, 0) is 19.1 Å². The molecule has 3 aromatic rings. The van der Waals surface area contributed by atoms with Gasteiger partial charge in [0.25, 0.3) is 0 Å². The lowest BCUT2D eigenvalue weighted by molar-refractivity contribution is -0.139. The first kappa shape index (κ1) is 22.5. The largest absolute Gasteiger partial charge is 0.497 e. The van der Waals surface area contributed by atoms with Gasteiger partial charge in [0.15, 0.2) is 0 Å². The van der Waals surface area contributed by atoms with Crippen molar-refractivity contribution in [2.24, 2.45) is 5.73 Å². The number of nitrogens with one attached hydrogen (secondary N) is 1. The van der Waals surface area contributed by atoms with E-state index in [1.807, 2.05) is 6.07 Å². The predicted molar refractivity (Wildman–Crippen MR) is 124 cm³/mol. The van der Waals surface area contributed by atoms with Crippen molar-refractivity contribution in [3.05, 3.63) is 83.0 Å². The van der Waals surface area contributed by atoms with Gasteiger partial charge < -0.3 is 24.9 Å². The number of esters is 2. The number of methoxy groups -OCH3 is 3. The molecule has 1 aromatic heterocycles. The number of H-pyrrole nitrogens is 1. The van der Waals surface area contributed by atoms with E-state index in [2.05, 4.69) is 11.1 Å². The summed E-state index contributed by atoms with van der Waals surface area (Å²) in [4.78, 5) is 30.8. The molecule has 0 fully saturated rings. The Hall–Kier alpha value is -4.71. The highest BCUT2D eigenvalue weighted by Crippen LogP contribution is 2.45. The van der Waals surface area contributed by atoms with Gasteiger partial charge in [0.05, 0.1) is 55.7 Å². The lowest BCUT2D eigenvalue weighted by Gasteiger charge is -2.36. The van der Waals surface area contributed by atoms with Crippen LogP contribution in [0.5, 0.6) is 5.75 Å². The molecule has 0 spiro atoms. The molecule has 0 bridgehead atoms. The van der Waals surface area contributed by atoms with Gasteiger partial charge in [-0.25, -0.2) is 9.59 Å². The molecule has 0 saturated heterocycles. The number of carbonyl (C=O) groups is 2. The zero-order chi connectivity index (χ0) is 24.4. The third kappa shape index (κ3) is 3.51. The molecular weight excluding hydrogens is 436 g/mol. The zero-order valence-electron chi connectivity index (χ0n) is 18.8. The zero-order valence-corrected chi connectivity index (χ0v) is 18.8. The number of nitriles is 1. The molecule has 9 nitrogen and oxygen atoms in total. The number of carbonyl (C=O) groups excluding carboxylic acids is 2. The summed E-state index contributed by atoms with van der Waals surface area (Å²) < 4.78 is 15.6. The third-order valence-corrected chi connectivity index (χ3v) is 5.70. The van der Waals surface area contributed by atoms with Gasteiger partial charge in [-0.2, -0.15) is 5.26 Å². The average molecular weight is 458 g/mol. The predicted octanol–water partition coefficient (Wildman–Crippen LogP) is 3.07. The van der Waals surface area contributed by atoms with Gasteiger partial charge in [-0.3, -0.25) is 4.90 Å². The van der Waals surface area contributed by atoms with Crippen molar-refractivity contribution in [2.75, 3.05) is 26.2 Å². The van der Waals surface area contributed by atoms with E-state index in [4.69, 9.17) is 19.9 Å². The number of anilines is 1. The molecule has 1 unspecified atom stereocenters. The van der Waals surface area contributed by atoms with Crippen LogP contribution in [0, 0.1) is 11.3 Å². The molecule has 0 saturated carbocycles. The van der Waals surface area contributed by atoms with E-state index < -0.39 is 17.9 Å². The van der Waals surface area contributed by atoms with Crippen LogP contribution < -0.4 is 15.4 Å². The van der Waals surface area contributed by atoms with Crippen LogP contribution in [0.1, 0.15) is 11.5 Å². The second-order valence-corrected chi connectivity index (χ2v) is 7.42. The molecule has 4 rings (SSSR count). The van der Waals surface area contributed by atoms with Crippen LogP contribution in [-0.4, -0.2) is 38.3 Å². The molecule has 0 aliphatic carbocycles. The molecule has 1 aliphatic heterocycles. The number of hydrogen-bond acceptors (Lipinski definition) is 8. The van der Waals surface area contributed by atoms with E-state index in [1.165, 1.54) is 26.2 Å². The maximum atomic E-state index is 13.2. The van der Waals surface area contributed by atoms with Crippen LogP contribution >= 0.6 is 0 Å². The van der Waals surface area contributed by atoms with Gasteiger partial charge in [0, 0.05) is 17.6 Å². The molecule has 0 radical (unpaired) electrons. The number of aromatic amines is 1. The Morgan fingerprint density at radius 3 is 2.38 bits per heavy atom. The molecule has 1 atom stereocenters. The number of ether oxygens (including phenoxy) is 3. The first-order valence-corrected chi connectivity index (χ1v) is 10.3. The summed E-state index contributed by atoms with van der Waals surface area (Å²) in [6.45, 7) is 0.